The van der Waals surface area contributed by atoms with Crippen LogP contribution in [0.2, 0.25) is 0 Å². The molecule has 0 spiro atoms. The molecule has 1 rings (SSSR count). The fourth-order valence-corrected chi connectivity index (χ4v) is 2.70. The molecular formula is C11H19F3N2OS. The first-order valence-electron chi connectivity index (χ1n) is 6.01. The Morgan fingerprint density at radius 2 is 1.89 bits per heavy atom. The van der Waals surface area contributed by atoms with E-state index >= 15 is 0 Å². The molecule has 1 heterocycles. The van der Waals surface area contributed by atoms with Crippen LogP contribution >= 0.6 is 11.8 Å². The maximum Gasteiger partial charge on any atom is 0.441 e. The number of nitrogens with zero attached hydrogens (tertiary/aromatic N) is 1. The molecule has 1 aliphatic heterocycles. The molecule has 0 aromatic heterocycles. The lowest BCUT2D eigenvalue weighted by atomic mass is 9.92. The number of piperidine rings is 1. The highest BCUT2D eigenvalue weighted by Crippen LogP contribution is 2.29. The average Bonchev–Trinajstić information content (AvgIpc) is 2.21. The minimum Gasteiger partial charge on any atom is -0.337 e. The molecule has 1 N–H and O–H groups in total. The van der Waals surface area contributed by atoms with Gasteiger partial charge in [-0.1, -0.05) is 13.8 Å². The SMILES string of the molecule is C[C@H]1C[C@H](C)CN(C(=O)NCCSC(F)(F)F)C1. The molecular weight excluding hydrogens is 265 g/mol. The van der Waals surface area contributed by atoms with Crippen molar-refractivity contribution in [3.05, 3.63) is 0 Å². The molecule has 0 aromatic carbocycles. The van der Waals surface area contributed by atoms with Gasteiger partial charge in [0.2, 0.25) is 0 Å². The highest BCUT2D eigenvalue weighted by Gasteiger charge is 2.28. The lowest BCUT2D eigenvalue weighted by Gasteiger charge is -2.34. The standard InChI is InChI=1S/C11H19F3N2OS/c1-8-5-9(2)7-16(6-8)10(17)15-3-4-18-11(12,13)14/h8-9H,3-7H2,1-2H3,(H,15,17)/t8-,9-/m0/s1. The number of carbonyl (C=O) groups is 1. The van der Waals surface area contributed by atoms with Crippen molar-refractivity contribution in [3.63, 3.8) is 0 Å². The number of rotatable bonds is 3. The zero-order chi connectivity index (χ0) is 13.8. The van der Waals surface area contributed by atoms with Crippen LogP contribution in [0, 0.1) is 11.8 Å². The molecule has 7 heteroatoms. The van der Waals surface area contributed by atoms with Crippen molar-refractivity contribution in [2.45, 2.75) is 25.8 Å². The Balaban J connectivity index is 2.24. The molecule has 1 aliphatic rings. The number of carbonyl (C=O) groups excluding carboxylic acids is 1. The van der Waals surface area contributed by atoms with E-state index < -0.39 is 5.51 Å². The smallest absolute Gasteiger partial charge is 0.337 e. The number of halogens is 3. The first-order chi connectivity index (χ1) is 8.28. The summed E-state index contributed by atoms with van der Waals surface area (Å²) in [5.74, 6) is 0.752. The van der Waals surface area contributed by atoms with Gasteiger partial charge in [0.05, 0.1) is 0 Å². The molecule has 3 nitrogen and oxygen atoms in total. The first-order valence-corrected chi connectivity index (χ1v) is 7.00. The molecule has 2 atom stereocenters. The van der Waals surface area contributed by atoms with E-state index in [1.807, 2.05) is 0 Å². The van der Waals surface area contributed by atoms with Crippen molar-refractivity contribution in [2.24, 2.45) is 11.8 Å². The van der Waals surface area contributed by atoms with Gasteiger partial charge in [0, 0.05) is 25.4 Å². The van der Waals surface area contributed by atoms with Gasteiger partial charge in [-0.15, -0.1) is 0 Å². The molecule has 0 aromatic rings. The Labute approximate surface area is 109 Å². The van der Waals surface area contributed by atoms with Crippen LogP contribution in [0.5, 0.6) is 0 Å². The number of urea groups is 1. The van der Waals surface area contributed by atoms with E-state index in [4.69, 9.17) is 0 Å². The minimum absolute atomic E-state index is 0.0439. The number of alkyl halides is 3. The van der Waals surface area contributed by atoms with Gasteiger partial charge in [-0.25, -0.2) is 4.79 Å². The molecule has 0 unspecified atom stereocenters. The van der Waals surface area contributed by atoms with Crippen molar-refractivity contribution >= 4 is 17.8 Å². The van der Waals surface area contributed by atoms with E-state index in [1.165, 1.54) is 0 Å². The topological polar surface area (TPSA) is 32.3 Å². The first kappa shape index (κ1) is 15.5. The maximum atomic E-state index is 11.9. The summed E-state index contributed by atoms with van der Waals surface area (Å²) in [4.78, 5) is 13.4. The van der Waals surface area contributed by atoms with E-state index in [1.54, 1.807) is 4.90 Å². The number of hydrogen-bond acceptors (Lipinski definition) is 2. The van der Waals surface area contributed by atoms with Crippen molar-refractivity contribution in [3.8, 4) is 0 Å². The molecule has 0 bridgehead atoms. The minimum atomic E-state index is -4.22. The molecule has 106 valence electrons. The van der Waals surface area contributed by atoms with Gasteiger partial charge in [-0.3, -0.25) is 0 Å². The number of amides is 2. The highest BCUT2D eigenvalue weighted by atomic mass is 32.2. The Kier molecular flexibility index (Phi) is 5.62. The zero-order valence-corrected chi connectivity index (χ0v) is 11.4. The van der Waals surface area contributed by atoms with Crippen molar-refractivity contribution in [2.75, 3.05) is 25.4 Å². The number of likely N-dealkylation sites (tertiary alicyclic amines) is 1. The van der Waals surface area contributed by atoms with Crippen molar-refractivity contribution in [1.29, 1.82) is 0 Å². The van der Waals surface area contributed by atoms with Gasteiger partial charge in [0.1, 0.15) is 0 Å². The Morgan fingerprint density at radius 1 is 1.33 bits per heavy atom. The third-order valence-corrected chi connectivity index (χ3v) is 3.54. The van der Waals surface area contributed by atoms with Crippen LogP contribution in [0.15, 0.2) is 0 Å². The number of nitrogens with one attached hydrogen (secondary N) is 1. The fourth-order valence-electron chi connectivity index (χ4n) is 2.27. The summed E-state index contributed by atoms with van der Waals surface area (Å²) in [6.45, 7) is 5.57. The molecule has 0 aliphatic carbocycles. The van der Waals surface area contributed by atoms with Crippen LogP contribution in [0.1, 0.15) is 20.3 Å². The van der Waals surface area contributed by atoms with E-state index in [2.05, 4.69) is 19.2 Å². The summed E-state index contributed by atoms with van der Waals surface area (Å²) in [7, 11) is 0. The Hall–Kier alpha value is -0.590. The molecule has 0 saturated carbocycles. The van der Waals surface area contributed by atoms with Gasteiger partial charge in [-0.2, -0.15) is 13.2 Å². The molecule has 1 fully saturated rings. The Bertz CT molecular complexity index is 276. The monoisotopic (exact) mass is 284 g/mol. The van der Waals surface area contributed by atoms with Gasteiger partial charge >= 0.3 is 11.5 Å². The van der Waals surface area contributed by atoms with Crippen LogP contribution in [0.3, 0.4) is 0 Å². The summed E-state index contributed by atoms with van der Waals surface area (Å²) in [5.41, 5.74) is -4.22. The quantitative estimate of drug-likeness (QED) is 0.808. The van der Waals surface area contributed by atoms with Gasteiger partial charge in [-0.05, 0) is 30.0 Å². The van der Waals surface area contributed by atoms with Gasteiger partial charge in [0.15, 0.2) is 0 Å². The predicted octanol–water partition coefficient (Wildman–Crippen LogP) is 2.93. The lowest BCUT2D eigenvalue weighted by molar-refractivity contribution is -0.0327. The van der Waals surface area contributed by atoms with Gasteiger partial charge in [0.25, 0.3) is 0 Å². The van der Waals surface area contributed by atoms with Crippen LogP contribution in [-0.4, -0.2) is 41.8 Å². The largest absolute Gasteiger partial charge is 0.441 e. The normalized spacial score (nSPS) is 25.1. The van der Waals surface area contributed by atoms with Crippen LogP contribution in [0.25, 0.3) is 0 Å². The summed E-state index contributed by atoms with van der Waals surface area (Å²) >= 11 is -0.110. The van der Waals surface area contributed by atoms with Gasteiger partial charge < -0.3 is 10.2 Å². The van der Waals surface area contributed by atoms with E-state index in [9.17, 15) is 18.0 Å². The summed E-state index contributed by atoms with van der Waals surface area (Å²) < 4.78 is 35.6. The fraction of sp³-hybridized carbons (Fsp3) is 0.909. The van der Waals surface area contributed by atoms with E-state index in [0.29, 0.717) is 24.9 Å². The zero-order valence-electron chi connectivity index (χ0n) is 10.6. The summed E-state index contributed by atoms with van der Waals surface area (Å²) in [5, 5.41) is 2.53. The van der Waals surface area contributed by atoms with Crippen molar-refractivity contribution in [1.82, 2.24) is 10.2 Å². The second-order valence-corrected chi connectivity index (χ2v) is 6.04. The predicted molar refractivity (Wildman–Crippen MR) is 66.4 cm³/mol. The van der Waals surface area contributed by atoms with E-state index in [0.717, 1.165) is 6.42 Å². The molecule has 1 saturated heterocycles. The van der Waals surface area contributed by atoms with Crippen LogP contribution in [-0.2, 0) is 0 Å². The average molecular weight is 284 g/mol. The lowest BCUT2D eigenvalue weighted by Crippen LogP contribution is -2.47. The molecule has 0 radical (unpaired) electrons. The number of thioether (sulfide) groups is 1. The van der Waals surface area contributed by atoms with Crippen LogP contribution in [0.4, 0.5) is 18.0 Å². The third kappa shape index (κ3) is 5.84. The summed E-state index contributed by atoms with van der Waals surface area (Å²) in [6, 6.07) is -0.254. The summed E-state index contributed by atoms with van der Waals surface area (Å²) in [6.07, 6.45) is 1.09. The second-order valence-electron chi connectivity index (χ2n) is 4.88. The Morgan fingerprint density at radius 3 is 2.39 bits per heavy atom. The maximum absolute atomic E-state index is 11.9. The van der Waals surface area contributed by atoms with Crippen LogP contribution < -0.4 is 5.32 Å². The van der Waals surface area contributed by atoms with E-state index in [-0.39, 0.29) is 30.1 Å². The molecule has 18 heavy (non-hydrogen) atoms. The third-order valence-electron chi connectivity index (χ3n) is 2.80. The highest BCUT2D eigenvalue weighted by molar-refractivity contribution is 8.00. The second kappa shape index (κ2) is 6.54. The molecule has 2 amide bonds. The van der Waals surface area contributed by atoms with Crippen molar-refractivity contribution < 1.29 is 18.0 Å². The number of hydrogen-bond donors (Lipinski definition) is 1.